The summed E-state index contributed by atoms with van der Waals surface area (Å²) < 4.78 is 13.4. The number of thiol groups is 1. The van der Waals surface area contributed by atoms with Gasteiger partial charge in [-0.2, -0.15) is 12.6 Å². The average molecular weight is 192 g/mol. The van der Waals surface area contributed by atoms with Gasteiger partial charge in [-0.15, -0.1) is 0 Å². The van der Waals surface area contributed by atoms with Crippen LogP contribution in [-0.4, -0.2) is 29.5 Å². The number of nitrogens with zero attached hydrogens (tertiary/aromatic N) is 1. The fraction of sp³-hybridized carbons (Fsp3) is 1.00. The second-order valence-corrected chi connectivity index (χ2v) is 4.52. The van der Waals surface area contributed by atoms with Crippen LogP contribution in [0.25, 0.3) is 0 Å². The first kappa shape index (κ1) is 10.3. The van der Waals surface area contributed by atoms with Crippen LogP contribution in [0.1, 0.15) is 13.8 Å². The van der Waals surface area contributed by atoms with Crippen LogP contribution in [0.4, 0.5) is 4.39 Å². The van der Waals surface area contributed by atoms with Gasteiger partial charge in [-0.25, -0.2) is 9.40 Å². The number of halogens is 1. The summed E-state index contributed by atoms with van der Waals surface area (Å²) in [4.78, 5) is 0. The van der Waals surface area contributed by atoms with Gasteiger partial charge < -0.3 is 0 Å². The van der Waals surface area contributed by atoms with Gasteiger partial charge in [0.1, 0.15) is 6.17 Å². The summed E-state index contributed by atoms with van der Waals surface area (Å²) in [6.07, 6.45) is -0.828. The predicted octanol–water partition coefficient (Wildman–Crippen LogP) is 1.08. The van der Waals surface area contributed by atoms with Crippen LogP contribution in [-0.2, 0) is 0 Å². The van der Waals surface area contributed by atoms with E-state index in [2.05, 4.69) is 12.6 Å². The van der Waals surface area contributed by atoms with E-state index in [1.54, 1.807) is 0 Å². The Kier molecular flexibility index (Phi) is 3.37. The molecule has 1 fully saturated rings. The highest BCUT2D eigenvalue weighted by molar-refractivity contribution is 7.81. The number of piperidine rings is 1. The Morgan fingerprint density at radius 3 is 2.50 bits per heavy atom. The van der Waals surface area contributed by atoms with Crippen molar-refractivity contribution in [2.24, 2.45) is 17.7 Å². The number of alkyl halides is 1. The van der Waals surface area contributed by atoms with Crippen LogP contribution >= 0.6 is 12.6 Å². The summed E-state index contributed by atoms with van der Waals surface area (Å²) in [7, 11) is 0. The molecular formula is C8H17FN2S. The van der Waals surface area contributed by atoms with E-state index in [0.717, 1.165) is 0 Å². The van der Waals surface area contributed by atoms with Crippen molar-refractivity contribution >= 4 is 12.6 Å². The van der Waals surface area contributed by atoms with Gasteiger partial charge in [-0.05, 0) is 5.92 Å². The minimum atomic E-state index is -0.828. The monoisotopic (exact) mass is 192 g/mol. The largest absolute Gasteiger partial charge is 0.269 e. The molecule has 12 heavy (non-hydrogen) atoms. The second-order valence-electron chi connectivity index (χ2n) is 3.86. The number of hydrazine groups is 1. The second kappa shape index (κ2) is 3.94. The third-order valence-corrected chi connectivity index (χ3v) is 2.97. The molecule has 0 radical (unpaired) electrons. The Hall–Kier alpha value is 0.200. The fourth-order valence-corrected chi connectivity index (χ4v) is 2.63. The van der Waals surface area contributed by atoms with E-state index in [9.17, 15) is 4.39 Å². The lowest BCUT2D eigenvalue weighted by Crippen LogP contribution is -2.52. The molecular weight excluding hydrogens is 175 g/mol. The van der Waals surface area contributed by atoms with E-state index in [0.29, 0.717) is 19.0 Å². The molecule has 72 valence electrons. The summed E-state index contributed by atoms with van der Waals surface area (Å²) in [6, 6.07) is 0. The topological polar surface area (TPSA) is 29.3 Å². The predicted molar refractivity (Wildman–Crippen MR) is 51.8 cm³/mol. The maximum atomic E-state index is 13.4. The summed E-state index contributed by atoms with van der Waals surface area (Å²) in [6.45, 7) is 5.10. The first-order chi connectivity index (χ1) is 5.52. The molecule has 0 saturated carbocycles. The van der Waals surface area contributed by atoms with E-state index < -0.39 is 6.17 Å². The molecule has 0 aromatic carbocycles. The van der Waals surface area contributed by atoms with Crippen molar-refractivity contribution in [3.8, 4) is 0 Å². The van der Waals surface area contributed by atoms with Crippen LogP contribution in [0.15, 0.2) is 0 Å². The van der Waals surface area contributed by atoms with E-state index in [1.165, 1.54) is 5.01 Å². The average Bonchev–Trinajstić information content (AvgIpc) is 1.82. The quantitative estimate of drug-likeness (QED) is 0.481. The van der Waals surface area contributed by atoms with Crippen LogP contribution in [0.3, 0.4) is 0 Å². The lowest BCUT2D eigenvalue weighted by atomic mass is 9.85. The summed E-state index contributed by atoms with van der Waals surface area (Å²) in [5, 5.41) is 1.58. The first-order valence-corrected chi connectivity index (χ1v) is 4.85. The van der Waals surface area contributed by atoms with Crippen molar-refractivity contribution < 1.29 is 4.39 Å². The molecule has 4 heteroatoms. The Balaban J connectivity index is 2.60. The van der Waals surface area contributed by atoms with Gasteiger partial charge in [0, 0.05) is 24.3 Å². The summed E-state index contributed by atoms with van der Waals surface area (Å²) in [5.74, 6) is 5.92. The molecule has 0 spiro atoms. The Morgan fingerprint density at radius 2 is 2.08 bits per heavy atom. The van der Waals surface area contributed by atoms with Crippen LogP contribution < -0.4 is 5.84 Å². The van der Waals surface area contributed by atoms with Crippen LogP contribution in [0.5, 0.6) is 0 Å². The Labute approximate surface area is 78.7 Å². The third-order valence-electron chi connectivity index (χ3n) is 2.46. The molecule has 1 rings (SSSR count). The molecule has 1 aliphatic heterocycles. The van der Waals surface area contributed by atoms with Gasteiger partial charge in [0.05, 0.1) is 0 Å². The molecule has 2 N–H and O–H groups in total. The van der Waals surface area contributed by atoms with E-state index in [-0.39, 0.29) is 11.2 Å². The van der Waals surface area contributed by atoms with E-state index in [1.807, 2.05) is 13.8 Å². The molecule has 0 aromatic rings. The maximum Gasteiger partial charge on any atom is 0.118 e. The molecule has 3 atom stereocenters. The van der Waals surface area contributed by atoms with Crippen molar-refractivity contribution in [3.63, 3.8) is 0 Å². The number of rotatable bonds is 1. The minimum absolute atomic E-state index is 0.0492. The lowest BCUT2D eigenvalue weighted by Gasteiger charge is -2.38. The highest BCUT2D eigenvalue weighted by Crippen LogP contribution is 2.29. The zero-order valence-corrected chi connectivity index (χ0v) is 8.47. The SMILES string of the molecule is CC(C)C1C(F)CN(N)CC1S. The molecule has 0 aliphatic carbocycles. The lowest BCUT2D eigenvalue weighted by molar-refractivity contribution is 0.0680. The molecule has 0 bridgehead atoms. The smallest absolute Gasteiger partial charge is 0.118 e. The highest BCUT2D eigenvalue weighted by atomic mass is 32.1. The summed E-state index contributed by atoms with van der Waals surface area (Å²) >= 11 is 4.35. The van der Waals surface area contributed by atoms with Gasteiger partial charge in [-0.1, -0.05) is 13.8 Å². The molecule has 1 aliphatic rings. The number of hydrogen-bond donors (Lipinski definition) is 2. The van der Waals surface area contributed by atoms with E-state index in [4.69, 9.17) is 5.84 Å². The van der Waals surface area contributed by atoms with E-state index >= 15 is 0 Å². The standard InChI is InChI=1S/C8H17FN2S/c1-5(2)8-6(9)3-11(10)4-7(8)12/h5-8,12H,3-4,10H2,1-2H3. The maximum absolute atomic E-state index is 13.4. The van der Waals surface area contributed by atoms with Crippen LogP contribution in [0.2, 0.25) is 0 Å². The molecule has 1 heterocycles. The highest BCUT2D eigenvalue weighted by Gasteiger charge is 2.35. The van der Waals surface area contributed by atoms with Gasteiger partial charge >= 0.3 is 0 Å². The fourth-order valence-electron chi connectivity index (χ4n) is 1.89. The van der Waals surface area contributed by atoms with Crippen LogP contribution in [0, 0.1) is 11.8 Å². The first-order valence-electron chi connectivity index (χ1n) is 4.34. The van der Waals surface area contributed by atoms with Crippen molar-refractivity contribution in [1.82, 2.24) is 5.01 Å². The molecule has 0 amide bonds. The molecule has 1 saturated heterocycles. The zero-order valence-electron chi connectivity index (χ0n) is 7.57. The van der Waals surface area contributed by atoms with Crippen molar-refractivity contribution in [1.29, 1.82) is 0 Å². The third kappa shape index (κ3) is 2.12. The van der Waals surface area contributed by atoms with Gasteiger partial charge in [-0.3, -0.25) is 5.84 Å². The number of hydrogen-bond acceptors (Lipinski definition) is 3. The van der Waals surface area contributed by atoms with Crippen molar-refractivity contribution in [2.75, 3.05) is 13.1 Å². The normalized spacial score (nSPS) is 39.0. The summed E-state index contributed by atoms with van der Waals surface area (Å²) in [5.41, 5.74) is 0. The molecule has 3 unspecified atom stereocenters. The van der Waals surface area contributed by atoms with Gasteiger partial charge in [0.2, 0.25) is 0 Å². The van der Waals surface area contributed by atoms with Crippen molar-refractivity contribution in [2.45, 2.75) is 25.3 Å². The molecule has 2 nitrogen and oxygen atoms in total. The molecule has 0 aromatic heterocycles. The van der Waals surface area contributed by atoms with Crippen molar-refractivity contribution in [3.05, 3.63) is 0 Å². The van der Waals surface area contributed by atoms with Gasteiger partial charge in [0.25, 0.3) is 0 Å². The zero-order chi connectivity index (χ0) is 9.30. The Morgan fingerprint density at radius 1 is 1.50 bits per heavy atom. The minimum Gasteiger partial charge on any atom is -0.269 e. The Bertz CT molecular complexity index is 142. The number of nitrogens with two attached hydrogens (primary N) is 1. The van der Waals surface area contributed by atoms with Gasteiger partial charge in [0.15, 0.2) is 0 Å².